The molecule has 4 rings (SSSR count). The normalized spacial score (nSPS) is 68.5. The number of ether oxygens (including phenoxy) is 1. The van der Waals surface area contributed by atoms with Gasteiger partial charge < -0.3 is 9.84 Å². The molecule has 0 aromatic rings. The van der Waals surface area contributed by atoms with Crippen molar-refractivity contribution in [1.29, 1.82) is 0 Å². The first-order valence-electron chi connectivity index (χ1n) is 7.26. The summed E-state index contributed by atoms with van der Waals surface area (Å²) in [5, 5.41) is 10.9. The Balaban J connectivity index is 1.87. The van der Waals surface area contributed by atoms with Crippen molar-refractivity contribution >= 4 is 0 Å². The van der Waals surface area contributed by atoms with E-state index < -0.39 is 5.60 Å². The van der Waals surface area contributed by atoms with Crippen LogP contribution in [-0.2, 0) is 4.74 Å². The van der Waals surface area contributed by atoms with E-state index in [9.17, 15) is 5.11 Å². The van der Waals surface area contributed by atoms with E-state index in [-0.39, 0.29) is 11.2 Å². The molecule has 96 valence electrons. The van der Waals surface area contributed by atoms with Crippen molar-refractivity contribution in [2.45, 2.75) is 69.7 Å². The van der Waals surface area contributed by atoms with Crippen LogP contribution < -0.4 is 0 Å². The van der Waals surface area contributed by atoms with Crippen LogP contribution >= 0.6 is 0 Å². The van der Waals surface area contributed by atoms with E-state index in [0.717, 1.165) is 6.42 Å². The number of hydrogen-bond donors (Lipinski definition) is 1. The van der Waals surface area contributed by atoms with Crippen LogP contribution in [0.3, 0.4) is 0 Å². The van der Waals surface area contributed by atoms with Gasteiger partial charge in [-0.3, -0.25) is 0 Å². The lowest BCUT2D eigenvalue weighted by molar-refractivity contribution is -0.165. The van der Waals surface area contributed by atoms with E-state index in [0.29, 0.717) is 23.7 Å². The first-order valence-corrected chi connectivity index (χ1v) is 7.26. The molecule has 2 unspecified atom stereocenters. The standard InChI is InChI=1S/C15H24O2/c1-13-7-11-6-10-4-9(14(11,2)16)5-12(8-13)15(10,3)17-13/h9-12,16H,4-8H2,1-3H3/t9-,10-,11?,12?,13+,14-,15-/m0/s1. The molecule has 2 heteroatoms. The van der Waals surface area contributed by atoms with Crippen molar-refractivity contribution in [3.05, 3.63) is 0 Å². The van der Waals surface area contributed by atoms with Crippen LogP contribution in [0.25, 0.3) is 0 Å². The smallest absolute Gasteiger partial charge is 0.0719 e. The number of aliphatic hydroxyl groups is 1. The zero-order valence-electron chi connectivity index (χ0n) is 11.2. The molecule has 4 fully saturated rings. The Hall–Kier alpha value is -0.0800. The van der Waals surface area contributed by atoms with Gasteiger partial charge in [0.25, 0.3) is 0 Å². The Labute approximate surface area is 104 Å². The second-order valence-corrected chi connectivity index (χ2v) is 7.86. The fourth-order valence-electron chi connectivity index (χ4n) is 5.79. The van der Waals surface area contributed by atoms with Gasteiger partial charge in [0.05, 0.1) is 16.8 Å². The fraction of sp³-hybridized carbons (Fsp3) is 1.00. The van der Waals surface area contributed by atoms with E-state index in [4.69, 9.17) is 4.74 Å². The highest BCUT2D eigenvalue weighted by atomic mass is 16.5. The highest BCUT2D eigenvalue weighted by Crippen LogP contribution is 2.65. The van der Waals surface area contributed by atoms with E-state index in [1.807, 2.05) is 0 Å². The summed E-state index contributed by atoms with van der Waals surface area (Å²) in [5.41, 5.74) is -0.278. The Morgan fingerprint density at radius 1 is 0.882 bits per heavy atom. The molecule has 2 aliphatic heterocycles. The lowest BCUT2D eigenvalue weighted by Crippen LogP contribution is -2.58. The van der Waals surface area contributed by atoms with Gasteiger partial charge >= 0.3 is 0 Å². The maximum atomic E-state index is 10.9. The second-order valence-electron chi connectivity index (χ2n) is 7.86. The van der Waals surface area contributed by atoms with Crippen molar-refractivity contribution in [2.24, 2.45) is 23.7 Å². The molecule has 4 aliphatic rings. The predicted molar refractivity (Wildman–Crippen MR) is 65.6 cm³/mol. The van der Waals surface area contributed by atoms with Crippen LogP contribution in [0.1, 0.15) is 52.9 Å². The molecule has 0 aromatic carbocycles. The molecule has 2 nitrogen and oxygen atoms in total. The Morgan fingerprint density at radius 2 is 1.47 bits per heavy atom. The summed E-state index contributed by atoms with van der Waals surface area (Å²) >= 11 is 0. The van der Waals surface area contributed by atoms with Gasteiger partial charge in [0.2, 0.25) is 0 Å². The Kier molecular flexibility index (Phi) is 1.75. The average molecular weight is 236 g/mol. The van der Waals surface area contributed by atoms with Crippen molar-refractivity contribution in [1.82, 2.24) is 0 Å². The van der Waals surface area contributed by atoms with Gasteiger partial charge in [-0.05, 0) is 76.5 Å². The minimum atomic E-state index is -0.439. The first kappa shape index (κ1) is 10.8. The van der Waals surface area contributed by atoms with Crippen molar-refractivity contribution < 1.29 is 9.84 Å². The molecule has 0 aromatic heterocycles. The van der Waals surface area contributed by atoms with Crippen LogP contribution in [0, 0.1) is 23.7 Å². The summed E-state index contributed by atoms with van der Waals surface area (Å²) in [5.74, 6) is 2.36. The molecule has 2 aliphatic carbocycles. The van der Waals surface area contributed by atoms with Crippen molar-refractivity contribution in [2.75, 3.05) is 0 Å². The molecule has 2 saturated carbocycles. The van der Waals surface area contributed by atoms with Crippen LogP contribution in [0.4, 0.5) is 0 Å². The lowest BCUT2D eigenvalue weighted by atomic mass is 9.50. The van der Waals surface area contributed by atoms with E-state index in [1.165, 1.54) is 25.7 Å². The maximum Gasteiger partial charge on any atom is 0.0719 e. The summed E-state index contributed by atoms with van der Waals surface area (Å²) in [4.78, 5) is 0. The molecule has 5 bridgehead atoms. The van der Waals surface area contributed by atoms with Crippen LogP contribution in [0.5, 0.6) is 0 Å². The molecule has 0 amide bonds. The predicted octanol–water partition coefficient (Wildman–Crippen LogP) is 2.74. The lowest BCUT2D eigenvalue weighted by Gasteiger charge is -2.56. The van der Waals surface area contributed by atoms with Gasteiger partial charge in [0.1, 0.15) is 0 Å². The molecule has 1 N–H and O–H groups in total. The van der Waals surface area contributed by atoms with Gasteiger partial charge in [-0.1, -0.05) is 0 Å². The van der Waals surface area contributed by atoms with Crippen molar-refractivity contribution in [3.63, 3.8) is 0 Å². The average Bonchev–Trinajstić information content (AvgIpc) is 2.41. The van der Waals surface area contributed by atoms with Gasteiger partial charge in [-0.15, -0.1) is 0 Å². The van der Waals surface area contributed by atoms with E-state index in [2.05, 4.69) is 20.8 Å². The Bertz CT molecular complexity index is 371. The second kappa shape index (κ2) is 2.75. The molecule has 0 radical (unpaired) electrons. The SMILES string of the molecule is C[C@@]12CC3C[C@@H]4C[C@@H](CC(C1)[C@@]4(C)O2)[C@]3(C)O. The molecular weight excluding hydrogens is 212 g/mol. The van der Waals surface area contributed by atoms with Gasteiger partial charge in [-0.25, -0.2) is 0 Å². The van der Waals surface area contributed by atoms with Crippen molar-refractivity contribution in [3.8, 4) is 0 Å². The quantitative estimate of drug-likeness (QED) is 0.701. The molecular formula is C15H24O2. The highest BCUT2D eigenvalue weighted by Gasteiger charge is 2.66. The minimum absolute atomic E-state index is 0.0398. The minimum Gasteiger partial charge on any atom is -0.390 e. The topological polar surface area (TPSA) is 29.5 Å². The third-order valence-corrected chi connectivity index (χ3v) is 6.80. The number of rotatable bonds is 0. The van der Waals surface area contributed by atoms with Gasteiger partial charge in [0, 0.05) is 0 Å². The largest absolute Gasteiger partial charge is 0.390 e. The molecule has 2 heterocycles. The molecule has 0 spiro atoms. The van der Waals surface area contributed by atoms with Crippen LogP contribution in [0.2, 0.25) is 0 Å². The summed E-state index contributed by atoms with van der Waals surface area (Å²) in [6.45, 7) is 6.73. The monoisotopic (exact) mass is 236 g/mol. The summed E-state index contributed by atoms with van der Waals surface area (Å²) < 4.78 is 6.54. The summed E-state index contributed by atoms with van der Waals surface area (Å²) in [6.07, 6.45) is 5.85. The van der Waals surface area contributed by atoms with Gasteiger partial charge in [-0.2, -0.15) is 0 Å². The Morgan fingerprint density at radius 3 is 2.24 bits per heavy atom. The van der Waals surface area contributed by atoms with Gasteiger partial charge in [0.15, 0.2) is 0 Å². The van der Waals surface area contributed by atoms with Crippen LogP contribution in [-0.4, -0.2) is 21.9 Å². The summed E-state index contributed by atoms with van der Waals surface area (Å²) in [6, 6.07) is 0. The first-order chi connectivity index (χ1) is 7.83. The third kappa shape index (κ3) is 1.14. The number of hydrogen-bond acceptors (Lipinski definition) is 2. The van der Waals surface area contributed by atoms with Crippen LogP contribution in [0.15, 0.2) is 0 Å². The highest BCUT2D eigenvalue weighted by molar-refractivity contribution is 5.16. The zero-order valence-corrected chi connectivity index (χ0v) is 11.2. The number of fused-ring (bicyclic) bond motifs is 3. The van der Waals surface area contributed by atoms with E-state index in [1.54, 1.807) is 0 Å². The van der Waals surface area contributed by atoms with E-state index >= 15 is 0 Å². The zero-order chi connectivity index (χ0) is 12.1. The molecule has 2 saturated heterocycles. The molecule has 17 heavy (non-hydrogen) atoms. The maximum absolute atomic E-state index is 10.9. The molecule has 7 atom stereocenters. The third-order valence-electron chi connectivity index (χ3n) is 6.80. The summed E-state index contributed by atoms with van der Waals surface area (Å²) in [7, 11) is 0. The fourth-order valence-corrected chi connectivity index (χ4v) is 5.79.